The molecule has 1 nitrogen and oxygen atoms in total. The first-order valence-corrected chi connectivity index (χ1v) is 8.18. The quantitative estimate of drug-likeness (QED) is 0.836. The van der Waals surface area contributed by atoms with Crippen molar-refractivity contribution < 1.29 is 0 Å². The van der Waals surface area contributed by atoms with Crippen molar-refractivity contribution in [1.29, 1.82) is 0 Å². The van der Waals surface area contributed by atoms with Gasteiger partial charge in [0.2, 0.25) is 0 Å². The van der Waals surface area contributed by atoms with Gasteiger partial charge in [0.25, 0.3) is 0 Å². The zero-order valence-corrected chi connectivity index (χ0v) is 13.9. The lowest BCUT2D eigenvalue weighted by Crippen LogP contribution is -2.46. The molecule has 1 heteroatoms. The van der Waals surface area contributed by atoms with Gasteiger partial charge in [-0.3, -0.25) is 0 Å². The van der Waals surface area contributed by atoms with Crippen LogP contribution in [0.3, 0.4) is 0 Å². The summed E-state index contributed by atoms with van der Waals surface area (Å²) >= 11 is 0. The molecule has 1 aliphatic rings. The molecule has 0 aliphatic heterocycles. The first-order chi connectivity index (χ1) is 9.37. The van der Waals surface area contributed by atoms with Gasteiger partial charge in [0.1, 0.15) is 0 Å². The Morgan fingerprint density at radius 1 is 1.30 bits per heavy atom. The van der Waals surface area contributed by atoms with Crippen molar-refractivity contribution in [2.45, 2.75) is 72.4 Å². The third-order valence-corrected chi connectivity index (χ3v) is 4.98. The Labute approximate surface area is 125 Å². The molecule has 0 amide bonds. The second kappa shape index (κ2) is 6.30. The van der Waals surface area contributed by atoms with Crippen LogP contribution in [0.5, 0.6) is 0 Å². The van der Waals surface area contributed by atoms with Gasteiger partial charge < -0.3 is 5.32 Å². The summed E-state index contributed by atoms with van der Waals surface area (Å²) in [6.07, 6.45) is 5.17. The van der Waals surface area contributed by atoms with Gasteiger partial charge in [0, 0.05) is 12.1 Å². The monoisotopic (exact) mass is 273 g/mol. The summed E-state index contributed by atoms with van der Waals surface area (Å²) in [5.41, 5.74) is 3.44. The molecule has 0 heterocycles. The summed E-state index contributed by atoms with van der Waals surface area (Å²) in [6.45, 7) is 11.8. The summed E-state index contributed by atoms with van der Waals surface area (Å²) in [7, 11) is 0. The second-order valence-corrected chi connectivity index (χ2v) is 7.69. The molecule has 1 fully saturated rings. The van der Waals surface area contributed by atoms with E-state index in [-0.39, 0.29) is 0 Å². The lowest BCUT2D eigenvalue weighted by molar-refractivity contribution is 0.142. The topological polar surface area (TPSA) is 12.0 Å². The van der Waals surface area contributed by atoms with Crippen LogP contribution in [0.1, 0.15) is 58.1 Å². The molecule has 1 aromatic carbocycles. The molecule has 0 spiro atoms. The Bertz CT molecular complexity index is 435. The molecule has 1 aliphatic carbocycles. The Morgan fingerprint density at radius 2 is 2.00 bits per heavy atom. The van der Waals surface area contributed by atoms with E-state index >= 15 is 0 Å². The molecule has 0 saturated heterocycles. The van der Waals surface area contributed by atoms with Crippen molar-refractivity contribution >= 4 is 0 Å². The first kappa shape index (κ1) is 15.6. The summed E-state index contributed by atoms with van der Waals surface area (Å²) in [4.78, 5) is 0. The van der Waals surface area contributed by atoms with Crippen LogP contribution in [0, 0.1) is 18.3 Å². The maximum atomic E-state index is 3.88. The fraction of sp³-hybridized carbons (Fsp3) is 0.684. The lowest BCUT2D eigenvalue weighted by atomic mass is 9.70. The van der Waals surface area contributed by atoms with Gasteiger partial charge in [-0.2, -0.15) is 0 Å². The molecule has 20 heavy (non-hydrogen) atoms. The van der Waals surface area contributed by atoms with Crippen molar-refractivity contribution in [3.8, 4) is 0 Å². The van der Waals surface area contributed by atoms with Crippen LogP contribution in [0.2, 0.25) is 0 Å². The summed E-state index contributed by atoms with van der Waals surface area (Å²) < 4.78 is 0. The Morgan fingerprint density at radius 3 is 2.65 bits per heavy atom. The van der Waals surface area contributed by atoms with E-state index in [4.69, 9.17) is 0 Å². The third-order valence-electron chi connectivity index (χ3n) is 4.98. The zero-order valence-electron chi connectivity index (χ0n) is 13.9. The van der Waals surface area contributed by atoms with E-state index in [1.165, 1.54) is 30.4 Å². The Hall–Kier alpha value is -0.820. The van der Waals surface area contributed by atoms with Gasteiger partial charge >= 0.3 is 0 Å². The molecule has 0 radical (unpaired) electrons. The summed E-state index contributed by atoms with van der Waals surface area (Å²) in [5, 5.41) is 3.88. The van der Waals surface area contributed by atoms with Crippen LogP contribution in [0.4, 0.5) is 0 Å². The Kier molecular flexibility index (Phi) is 4.90. The molecule has 0 bridgehead atoms. The highest BCUT2D eigenvalue weighted by atomic mass is 15.0. The van der Waals surface area contributed by atoms with Crippen molar-refractivity contribution in [1.82, 2.24) is 5.32 Å². The second-order valence-electron chi connectivity index (χ2n) is 7.69. The highest BCUT2D eigenvalue weighted by Gasteiger charge is 2.32. The van der Waals surface area contributed by atoms with Gasteiger partial charge in [0.05, 0.1) is 0 Å². The van der Waals surface area contributed by atoms with Crippen LogP contribution >= 0.6 is 0 Å². The number of benzene rings is 1. The number of hydrogen-bond acceptors (Lipinski definition) is 1. The maximum absolute atomic E-state index is 3.88. The molecule has 112 valence electrons. The fourth-order valence-corrected chi connectivity index (χ4v) is 3.79. The van der Waals surface area contributed by atoms with Gasteiger partial charge in [-0.15, -0.1) is 0 Å². The summed E-state index contributed by atoms with van der Waals surface area (Å²) in [6, 6.07) is 10.0. The van der Waals surface area contributed by atoms with E-state index in [0.717, 1.165) is 12.3 Å². The van der Waals surface area contributed by atoms with E-state index in [2.05, 4.69) is 64.2 Å². The number of nitrogens with one attached hydrogen (secondary N) is 1. The van der Waals surface area contributed by atoms with Gasteiger partial charge in [0.15, 0.2) is 0 Å². The average molecular weight is 273 g/mol. The highest BCUT2D eigenvalue weighted by Crippen LogP contribution is 2.38. The number of aryl methyl sites for hydroxylation is 1. The molecule has 1 saturated carbocycles. The largest absolute Gasteiger partial charge is 0.311 e. The minimum atomic E-state index is 0.539. The molecule has 1 aromatic rings. The van der Waals surface area contributed by atoms with Gasteiger partial charge in [-0.05, 0) is 62.0 Å². The van der Waals surface area contributed by atoms with Crippen LogP contribution < -0.4 is 5.32 Å². The van der Waals surface area contributed by atoms with Gasteiger partial charge in [-0.25, -0.2) is 0 Å². The normalized spacial score (nSPS) is 27.2. The minimum Gasteiger partial charge on any atom is -0.311 e. The van der Waals surface area contributed by atoms with Crippen molar-refractivity contribution in [2.75, 3.05) is 0 Å². The fourth-order valence-electron chi connectivity index (χ4n) is 3.79. The Balaban J connectivity index is 1.89. The predicted octanol–water partition coefficient (Wildman–Crippen LogP) is 4.73. The highest BCUT2D eigenvalue weighted by molar-refractivity contribution is 5.26. The van der Waals surface area contributed by atoms with E-state index in [1.807, 2.05) is 0 Å². The van der Waals surface area contributed by atoms with E-state index in [1.54, 1.807) is 0 Å². The molecule has 3 atom stereocenters. The van der Waals surface area contributed by atoms with Crippen molar-refractivity contribution in [2.24, 2.45) is 11.3 Å². The van der Waals surface area contributed by atoms with E-state index in [9.17, 15) is 0 Å². The smallest absolute Gasteiger partial charge is 0.00956 e. The standard InChI is InChI=1S/C19H31N/c1-14-8-6-7-9-17(14)12-16(3)20-18-10-11-19(4,5)13-15(18)2/h6-9,15-16,18,20H,10-13H2,1-5H3. The van der Waals surface area contributed by atoms with Gasteiger partial charge in [-0.1, -0.05) is 45.0 Å². The molecular weight excluding hydrogens is 242 g/mol. The third kappa shape index (κ3) is 4.09. The van der Waals surface area contributed by atoms with Crippen LogP contribution in [-0.2, 0) is 6.42 Å². The molecule has 0 aromatic heterocycles. The van der Waals surface area contributed by atoms with Crippen molar-refractivity contribution in [3.63, 3.8) is 0 Å². The first-order valence-electron chi connectivity index (χ1n) is 8.18. The molecule has 1 N–H and O–H groups in total. The van der Waals surface area contributed by atoms with Crippen LogP contribution in [0.25, 0.3) is 0 Å². The van der Waals surface area contributed by atoms with Crippen molar-refractivity contribution in [3.05, 3.63) is 35.4 Å². The van der Waals surface area contributed by atoms with E-state index in [0.29, 0.717) is 17.5 Å². The predicted molar refractivity (Wildman–Crippen MR) is 88.1 cm³/mol. The number of rotatable bonds is 4. The summed E-state index contributed by atoms with van der Waals surface area (Å²) in [5.74, 6) is 0.790. The average Bonchev–Trinajstić information content (AvgIpc) is 2.35. The maximum Gasteiger partial charge on any atom is 0.00956 e. The lowest BCUT2D eigenvalue weighted by Gasteiger charge is -2.40. The molecule has 2 rings (SSSR count). The van der Waals surface area contributed by atoms with Crippen LogP contribution in [-0.4, -0.2) is 12.1 Å². The SMILES string of the molecule is Cc1ccccc1CC(C)NC1CCC(C)(C)CC1C. The number of hydrogen-bond donors (Lipinski definition) is 1. The minimum absolute atomic E-state index is 0.539. The zero-order chi connectivity index (χ0) is 14.8. The molecule has 3 unspecified atom stereocenters. The van der Waals surface area contributed by atoms with E-state index < -0.39 is 0 Å². The van der Waals surface area contributed by atoms with Crippen LogP contribution in [0.15, 0.2) is 24.3 Å². The molecular formula is C19H31N.